The molecule has 2 unspecified atom stereocenters. The number of carbonyl (C=O) groups is 1. The number of rotatable bonds is 29. The first kappa shape index (κ1) is 39.4. The predicted molar refractivity (Wildman–Crippen MR) is 183 cm³/mol. The molecule has 1 aromatic rings. The Balaban J connectivity index is 2.51. The minimum atomic E-state index is -1.97. The Morgan fingerprint density at radius 3 is 1.49 bits per heavy atom. The monoisotopic (exact) mass is 601 g/mol. The highest BCUT2D eigenvalue weighted by atomic mass is 16.7. The predicted octanol–water partition coefficient (Wildman–Crippen LogP) is 11.1. The summed E-state index contributed by atoms with van der Waals surface area (Å²) in [7, 11) is 0. The number of carbonyl (C=O) groups excluding carboxylic acids is 1. The number of unbranched alkanes of at least 4 members (excludes halogenated alkanes) is 20. The molecule has 0 aliphatic rings. The van der Waals surface area contributed by atoms with Crippen molar-refractivity contribution in [3.63, 3.8) is 0 Å². The van der Waals surface area contributed by atoms with Gasteiger partial charge in [-0.2, -0.15) is 0 Å². The summed E-state index contributed by atoms with van der Waals surface area (Å²) in [5, 5.41) is 21.6. The first-order chi connectivity index (χ1) is 20.9. The molecule has 0 aliphatic carbocycles. The van der Waals surface area contributed by atoms with E-state index in [4.69, 9.17) is 4.74 Å². The lowest BCUT2D eigenvalue weighted by molar-refractivity contribution is -0.231. The molecular weight excluding hydrogens is 532 g/mol. The second-order valence-electron chi connectivity index (χ2n) is 13.1. The van der Waals surface area contributed by atoms with Gasteiger partial charge in [0.05, 0.1) is 5.92 Å². The lowest BCUT2D eigenvalue weighted by Crippen LogP contribution is -2.45. The van der Waals surface area contributed by atoms with Gasteiger partial charge in [-0.15, -0.1) is 0 Å². The van der Waals surface area contributed by atoms with Crippen molar-refractivity contribution in [3.05, 3.63) is 47.5 Å². The molecule has 0 bridgehead atoms. The maximum atomic E-state index is 12.4. The van der Waals surface area contributed by atoms with Crippen molar-refractivity contribution >= 4 is 5.97 Å². The lowest BCUT2D eigenvalue weighted by atomic mass is 9.85. The standard InChI is InChI=1S/C39H68O4/c1-5-7-9-11-13-14-15-16-17-18-19-20-22-24-26-28-37(39(42,33-40)43-38(41)34(3)4)36-31-29-35(30-32-36)27-25-23-21-12-10-8-6-2/h29-32,37,40,42H,3,5-28,33H2,1-2,4H3. The fourth-order valence-corrected chi connectivity index (χ4v) is 6.04. The van der Waals surface area contributed by atoms with E-state index in [0.717, 1.165) is 24.8 Å². The van der Waals surface area contributed by atoms with E-state index < -0.39 is 24.3 Å². The van der Waals surface area contributed by atoms with E-state index in [1.165, 1.54) is 134 Å². The molecule has 2 atom stereocenters. The van der Waals surface area contributed by atoms with Gasteiger partial charge in [0.15, 0.2) is 0 Å². The molecule has 0 aliphatic heterocycles. The topological polar surface area (TPSA) is 66.8 Å². The Labute approximate surface area is 266 Å². The van der Waals surface area contributed by atoms with Gasteiger partial charge in [0.1, 0.15) is 6.61 Å². The highest BCUT2D eigenvalue weighted by Crippen LogP contribution is 2.35. The molecule has 1 aromatic carbocycles. The highest BCUT2D eigenvalue weighted by molar-refractivity contribution is 5.87. The van der Waals surface area contributed by atoms with Gasteiger partial charge in [-0.05, 0) is 37.3 Å². The number of hydrogen-bond acceptors (Lipinski definition) is 4. The largest absolute Gasteiger partial charge is 0.427 e. The number of hydrogen-bond donors (Lipinski definition) is 2. The van der Waals surface area contributed by atoms with Crippen molar-refractivity contribution in [2.45, 2.75) is 187 Å². The molecule has 0 aromatic heterocycles. The first-order valence-electron chi connectivity index (χ1n) is 18.2. The first-order valence-corrected chi connectivity index (χ1v) is 18.2. The van der Waals surface area contributed by atoms with Crippen LogP contribution in [0.1, 0.15) is 185 Å². The summed E-state index contributed by atoms with van der Waals surface area (Å²) in [4.78, 5) is 12.4. The van der Waals surface area contributed by atoms with Gasteiger partial charge < -0.3 is 14.9 Å². The summed E-state index contributed by atoms with van der Waals surface area (Å²) < 4.78 is 5.46. The van der Waals surface area contributed by atoms with Crippen LogP contribution in [0, 0.1) is 0 Å². The number of aliphatic hydroxyl groups excluding tert-OH is 1. The van der Waals surface area contributed by atoms with Gasteiger partial charge in [-0.25, -0.2) is 4.79 Å². The van der Waals surface area contributed by atoms with E-state index in [-0.39, 0.29) is 5.57 Å². The Hall–Kier alpha value is -1.65. The Morgan fingerprint density at radius 1 is 0.698 bits per heavy atom. The zero-order chi connectivity index (χ0) is 31.6. The fourth-order valence-electron chi connectivity index (χ4n) is 6.04. The van der Waals surface area contributed by atoms with Crippen LogP contribution in [0.15, 0.2) is 36.4 Å². The van der Waals surface area contributed by atoms with Crippen molar-refractivity contribution in [2.24, 2.45) is 0 Å². The Kier molecular flexibility index (Phi) is 23.5. The van der Waals surface area contributed by atoms with Crippen LogP contribution in [0.25, 0.3) is 0 Å². The molecule has 2 N–H and O–H groups in total. The molecule has 0 heterocycles. The minimum absolute atomic E-state index is 0.211. The van der Waals surface area contributed by atoms with Crippen molar-refractivity contribution in [1.29, 1.82) is 0 Å². The fraction of sp³-hybridized carbons (Fsp3) is 0.769. The second-order valence-corrected chi connectivity index (χ2v) is 13.1. The van der Waals surface area contributed by atoms with Crippen molar-refractivity contribution in [2.75, 3.05) is 6.61 Å². The van der Waals surface area contributed by atoms with Crippen LogP contribution in [-0.2, 0) is 16.0 Å². The summed E-state index contributed by atoms with van der Waals surface area (Å²) in [6.07, 6.45) is 30.2. The summed E-state index contributed by atoms with van der Waals surface area (Å²) in [6, 6.07) is 8.35. The molecule has 0 fully saturated rings. The van der Waals surface area contributed by atoms with Crippen molar-refractivity contribution in [3.8, 4) is 0 Å². The van der Waals surface area contributed by atoms with Crippen LogP contribution < -0.4 is 0 Å². The zero-order valence-electron chi connectivity index (χ0n) is 28.5. The van der Waals surface area contributed by atoms with E-state index in [0.29, 0.717) is 6.42 Å². The molecule has 0 radical (unpaired) electrons. The third-order valence-corrected chi connectivity index (χ3v) is 8.94. The Morgan fingerprint density at radius 2 is 1.09 bits per heavy atom. The van der Waals surface area contributed by atoms with E-state index >= 15 is 0 Å². The average molecular weight is 601 g/mol. The highest BCUT2D eigenvalue weighted by Gasteiger charge is 2.41. The summed E-state index contributed by atoms with van der Waals surface area (Å²) in [5.74, 6) is -3.13. The van der Waals surface area contributed by atoms with Crippen LogP contribution >= 0.6 is 0 Å². The molecule has 0 saturated carbocycles. The van der Waals surface area contributed by atoms with Gasteiger partial charge in [0.2, 0.25) is 5.79 Å². The number of esters is 1. The maximum absolute atomic E-state index is 12.4. The number of aryl methyl sites for hydroxylation is 1. The van der Waals surface area contributed by atoms with Gasteiger partial charge in [0, 0.05) is 5.57 Å². The number of ether oxygens (including phenoxy) is 1. The van der Waals surface area contributed by atoms with Gasteiger partial charge in [0.25, 0.3) is 0 Å². The lowest BCUT2D eigenvalue weighted by Gasteiger charge is -2.34. The molecule has 4 heteroatoms. The SMILES string of the molecule is C=C(C)C(=O)OC(O)(CO)C(CCCCCCCCCCCCCCCCC)c1ccc(CCCCCCCCC)cc1. The van der Waals surface area contributed by atoms with Crippen LogP contribution in [-0.4, -0.2) is 28.6 Å². The van der Waals surface area contributed by atoms with Gasteiger partial charge in [-0.1, -0.05) is 180 Å². The van der Waals surface area contributed by atoms with Gasteiger partial charge >= 0.3 is 5.97 Å². The van der Waals surface area contributed by atoms with Crippen LogP contribution in [0.2, 0.25) is 0 Å². The number of benzene rings is 1. The zero-order valence-corrected chi connectivity index (χ0v) is 28.5. The molecule has 0 saturated heterocycles. The molecule has 43 heavy (non-hydrogen) atoms. The molecule has 4 nitrogen and oxygen atoms in total. The van der Waals surface area contributed by atoms with Crippen molar-refractivity contribution < 1.29 is 19.7 Å². The van der Waals surface area contributed by atoms with E-state index in [1.807, 2.05) is 12.1 Å². The van der Waals surface area contributed by atoms with Gasteiger partial charge in [-0.3, -0.25) is 0 Å². The third-order valence-electron chi connectivity index (χ3n) is 8.94. The molecule has 0 spiro atoms. The molecule has 248 valence electrons. The number of aliphatic hydroxyl groups is 2. The van der Waals surface area contributed by atoms with Crippen LogP contribution in [0.3, 0.4) is 0 Å². The quantitative estimate of drug-likeness (QED) is 0.0415. The third kappa shape index (κ3) is 18.7. The summed E-state index contributed by atoms with van der Waals surface area (Å²) >= 11 is 0. The smallest absolute Gasteiger partial charge is 0.335 e. The van der Waals surface area contributed by atoms with Crippen LogP contribution in [0.5, 0.6) is 0 Å². The van der Waals surface area contributed by atoms with E-state index in [1.54, 1.807) is 6.92 Å². The molecule has 0 amide bonds. The average Bonchev–Trinajstić information content (AvgIpc) is 3.00. The molecule has 1 rings (SSSR count). The van der Waals surface area contributed by atoms with Crippen molar-refractivity contribution in [1.82, 2.24) is 0 Å². The summed E-state index contributed by atoms with van der Waals surface area (Å²) in [6.45, 7) is 9.09. The summed E-state index contributed by atoms with van der Waals surface area (Å²) in [5.41, 5.74) is 2.40. The van der Waals surface area contributed by atoms with Crippen LogP contribution in [0.4, 0.5) is 0 Å². The normalized spacial score (nSPS) is 13.5. The minimum Gasteiger partial charge on any atom is -0.427 e. The molecular formula is C39H68O4. The second kappa shape index (κ2) is 25.7. The maximum Gasteiger partial charge on any atom is 0.335 e. The van der Waals surface area contributed by atoms with E-state index in [2.05, 4.69) is 32.6 Å². The Bertz CT molecular complexity index is 817. The van der Waals surface area contributed by atoms with E-state index in [9.17, 15) is 15.0 Å².